The van der Waals surface area contributed by atoms with Crippen LogP contribution < -0.4 is 15.4 Å². The Bertz CT molecular complexity index is 1580. The van der Waals surface area contributed by atoms with E-state index in [1.165, 1.54) is 11.0 Å². The molecule has 0 bridgehead atoms. The van der Waals surface area contributed by atoms with E-state index in [-0.39, 0.29) is 29.9 Å². The van der Waals surface area contributed by atoms with E-state index in [9.17, 15) is 22.8 Å². The van der Waals surface area contributed by atoms with Crippen LogP contribution in [-0.4, -0.2) is 48.1 Å². The normalized spacial score (nSPS) is 23.4. The highest BCUT2D eigenvalue weighted by Gasteiger charge is 2.41. The fraction of sp³-hybridized carbons (Fsp3) is 0.441. The zero-order chi connectivity index (χ0) is 31.9. The molecule has 3 heterocycles. The first-order chi connectivity index (χ1) is 21.5. The molecule has 45 heavy (non-hydrogen) atoms. The van der Waals surface area contributed by atoms with E-state index >= 15 is 0 Å². The molecule has 0 radical (unpaired) electrons. The average molecular weight is 623 g/mol. The Labute approximate surface area is 260 Å². The summed E-state index contributed by atoms with van der Waals surface area (Å²) in [5.74, 6) is 1.39. The van der Waals surface area contributed by atoms with Crippen LogP contribution in [0.3, 0.4) is 0 Å². The number of hydrogen-bond donors (Lipinski definition) is 1. The van der Waals surface area contributed by atoms with Gasteiger partial charge in [-0.05, 0) is 92.5 Å². The van der Waals surface area contributed by atoms with E-state index in [4.69, 9.17) is 20.2 Å². The Morgan fingerprint density at radius 1 is 1.02 bits per heavy atom. The second-order valence-corrected chi connectivity index (χ2v) is 12.2. The zero-order valence-corrected chi connectivity index (χ0v) is 25.3. The van der Waals surface area contributed by atoms with Gasteiger partial charge in [-0.3, -0.25) is 9.69 Å². The topological polar surface area (TPSA) is 98.0 Å². The first-order valence-electron chi connectivity index (χ1n) is 15.4. The van der Waals surface area contributed by atoms with Gasteiger partial charge < -0.3 is 20.1 Å². The van der Waals surface area contributed by atoms with Gasteiger partial charge in [-0.1, -0.05) is 18.2 Å². The lowest BCUT2D eigenvalue weighted by atomic mass is 9.78. The summed E-state index contributed by atoms with van der Waals surface area (Å²) in [6.45, 7) is 3.65. The van der Waals surface area contributed by atoms with Gasteiger partial charge in [-0.25, -0.2) is 9.78 Å². The van der Waals surface area contributed by atoms with E-state index in [2.05, 4.69) is 17.0 Å². The first kappa shape index (κ1) is 30.7. The minimum absolute atomic E-state index is 0.0919. The van der Waals surface area contributed by atoms with Crippen molar-refractivity contribution in [1.82, 2.24) is 9.88 Å². The smallest absolute Gasteiger partial charge is 0.416 e. The molecule has 8 nitrogen and oxygen atoms in total. The summed E-state index contributed by atoms with van der Waals surface area (Å²) >= 11 is 0. The number of cyclic esters (lactones) is 1. The summed E-state index contributed by atoms with van der Waals surface area (Å²) in [5, 5.41) is 0. The van der Waals surface area contributed by atoms with Gasteiger partial charge in [0.1, 0.15) is 17.7 Å². The van der Waals surface area contributed by atoms with E-state index in [1.807, 2.05) is 18.2 Å². The van der Waals surface area contributed by atoms with Crippen molar-refractivity contribution in [1.29, 1.82) is 0 Å². The quantitative estimate of drug-likeness (QED) is 0.296. The number of methoxy groups -OCH3 is 1. The van der Waals surface area contributed by atoms with Crippen LogP contribution in [-0.2, 0) is 22.3 Å². The van der Waals surface area contributed by atoms with Crippen molar-refractivity contribution in [3.63, 3.8) is 0 Å². The summed E-state index contributed by atoms with van der Waals surface area (Å²) in [6, 6.07) is 14.5. The molecule has 2 saturated heterocycles. The molecule has 3 fully saturated rings. The minimum Gasteiger partial charge on any atom is -0.496 e. The van der Waals surface area contributed by atoms with Crippen molar-refractivity contribution in [2.45, 2.75) is 69.8 Å². The maximum Gasteiger partial charge on any atom is 0.416 e. The van der Waals surface area contributed by atoms with Crippen LogP contribution in [0.15, 0.2) is 54.6 Å². The Hall–Kier alpha value is -4.28. The van der Waals surface area contributed by atoms with Crippen molar-refractivity contribution < 1.29 is 32.2 Å². The van der Waals surface area contributed by atoms with E-state index < -0.39 is 30.0 Å². The van der Waals surface area contributed by atoms with Crippen molar-refractivity contribution >= 4 is 17.8 Å². The number of halogens is 3. The molecule has 2 N–H and O–H groups in total. The van der Waals surface area contributed by atoms with E-state index in [0.29, 0.717) is 11.4 Å². The molecule has 2 amide bonds. The van der Waals surface area contributed by atoms with Gasteiger partial charge in [0.25, 0.3) is 0 Å². The van der Waals surface area contributed by atoms with Crippen LogP contribution in [0.4, 0.5) is 23.8 Å². The number of ether oxygens (including phenoxy) is 2. The summed E-state index contributed by atoms with van der Waals surface area (Å²) in [5.41, 5.74) is 8.46. The highest BCUT2D eigenvalue weighted by Crippen LogP contribution is 2.42. The van der Waals surface area contributed by atoms with Gasteiger partial charge in [-0.2, -0.15) is 13.2 Å². The monoisotopic (exact) mass is 622 g/mol. The predicted octanol–water partition coefficient (Wildman–Crippen LogP) is 6.83. The van der Waals surface area contributed by atoms with Crippen LogP contribution >= 0.6 is 0 Å². The Morgan fingerprint density at radius 2 is 1.78 bits per heavy atom. The number of carbonyl (C=O) groups is 2. The van der Waals surface area contributed by atoms with Gasteiger partial charge in [0, 0.05) is 30.1 Å². The molecule has 1 aliphatic carbocycles. The van der Waals surface area contributed by atoms with E-state index in [1.54, 1.807) is 20.1 Å². The second kappa shape index (κ2) is 12.3. The number of rotatable bonds is 8. The lowest BCUT2D eigenvalue weighted by Gasteiger charge is -2.33. The first-order valence-corrected chi connectivity index (χ1v) is 15.4. The van der Waals surface area contributed by atoms with Crippen LogP contribution in [0.5, 0.6) is 5.75 Å². The predicted molar refractivity (Wildman–Crippen MR) is 163 cm³/mol. The van der Waals surface area contributed by atoms with Crippen LogP contribution in [0.1, 0.15) is 73.4 Å². The van der Waals surface area contributed by atoms with Gasteiger partial charge in [0.05, 0.1) is 31.0 Å². The Balaban J connectivity index is 1.33. The van der Waals surface area contributed by atoms with Crippen molar-refractivity contribution in [3.05, 3.63) is 77.0 Å². The third kappa shape index (κ3) is 6.17. The zero-order valence-electron chi connectivity index (χ0n) is 25.3. The number of hydrogen-bond acceptors (Lipinski definition) is 6. The maximum atomic E-state index is 13.4. The molecular weight excluding hydrogens is 585 g/mol. The van der Waals surface area contributed by atoms with Crippen molar-refractivity contribution in [2.75, 3.05) is 25.1 Å². The molecule has 11 heteroatoms. The number of carbonyl (C=O) groups excluding carboxylic acids is 2. The third-order valence-electron chi connectivity index (χ3n) is 9.51. The van der Waals surface area contributed by atoms with Gasteiger partial charge >= 0.3 is 12.3 Å². The lowest BCUT2D eigenvalue weighted by molar-refractivity contribution is -0.137. The largest absolute Gasteiger partial charge is 0.496 e. The molecule has 2 aromatic carbocycles. The average Bonchev–Trinajstić information content (AvgIpc) is 3.28. The molecule has 2 aliphatic heterocycles. The highest BCUT2D eigenvalue weighted by molar-refractivity contribution is 5.77. The molecule has 0 unspecified atom stereocenters. The molecule has 1 saturated carbocycles. The Kier molecular flexibility index (Phi) is 8.37. The van der Waals surface area contributed by atoms with E-state index in [0.717, 1.165) is 79.8 Å². The second-order valence-electron chi connectivity index (χ2n) is 12.2. The number of alkyl halides is 3. The number of amides is 2. The number of nitrogens with zero attached hydrogens (tertiary/aromatic N) is 3. The number of anilines is 1. The standard InChI is InChI=1S/C34H37F3N4O4/c1-20-31(24-5-3-6-25(17-24)34(35,36)37)45-33(43)41(20)19-28-26(12-14-30(39-28)40-15-4-16-40)27-18-23(11-13-29(27)44-2)21-7-9-22(10-8-21)32(38)42/h3,5-6,11-14,17-18,20-22,31H,4,7-10,15-16,19H2,1-2H3,(H2,38,42)/t20-,21?,22?,31-/m0/s1. The van der Waals surface area contributed by atoms with Gasteiger partial charge in [0.2, 0.25) is 5.91 Å². The number of primary amides is 1. The number of pyridine rings is 1. The lowest BCUT2D eigenvalue weighted by Crippen LogP contribution is -2.38. The summed E-state index contributed by atoms with van der Waals surface area (Å²) in [7, 11) is 1.61. The molecule has 2 atom stereocenters. The number of aromatic nitrogens is 1. The van der Waals surface area contributed by atoms with Crippen LogP contribution in [0.2, 0.25) is 0 Å². The molecule has 3 aromatic rings. The fourth-order valence-electron chi connectivity index (χ4n) is 6.69. The SMILES string of the molecule is COc1ccc(C2CCC(C(N)=O)CC2)cc1-c1ccc(N2CCC2)nc1CN1C(=O)O[C@H](c2cccc(C(F)(F)F)c2)[C@@H]1C. The minimum atomic E-state index is -4.51. The van der Waals surface area contributed by atoms with Crippen LogP contribution in [0, 0.1) is 5.92 Å². The molecule has 1 aromatic heterocycles. The van der Waals surface area contributed by atoms with Gasteiger partial charge in [-0.15, -0.1) is 0 Å². The fourth-order valence-corrected chi connectivity index (χ4v) is 6.69. The molecule has 238 valence electrons. The summed E-state index contributed by atoms with van der Waals surface area (Å²) in [4.78, 5) is 33.7. The third-order valence-corrected chi connectivity index (χ3v) is 9.51. The van der Waals surface area contributed by atoms with Crippen molar-refractivity contribution in [3.8, 4) is 16.9 Å². The number of benzene rings is 2. The van der Waals surface area contributed by atoms with Crippen LogP contribution in [0.25, 0.3) is 11.1 Å². The summed E-state index contributed by atoms with van der Waals surface area (Å²) in [6.07, 6.45) is -1.71. The Morgan fingerprint density at radius 3 is 2.42 bits per heavy atom. The van der Waals surface area contributed by atoms with Gasteiger partial charge in [0.15, 0.2) is 0 Å². The summed E-state index contributed by atoms with van der Waals surface area (Å²) < 4.78 is 51.7. The highest BCUT2D eigenvalue weighted by atomic mass is 19.4. The maximum absolute atomic E-state index is 13.4. The molecular formula is C34H37F3N4O4. The molecule has 3 aliphatic rings. The molecule has 6 rings (SSSR count). The number of nitrogens with two attached hydrogens (primary N) is 1. The van der Waals surface area contributed by atoms with Crippen molar-refractivity contribution in [2.24, 2.45) is 11.7 Å². The molecule has 0 spiro atoms.